The molecule has 0 aliphatic rings. The fourth-order valence-corrected chi connectivity index (χ4v) is 9.28. The van der Waals surface area contributed by atoms with Crippen molar-refractivity contribution in [2.24, 2.45) is 0 Å². The predicted octanol–water partition coefficient (Wildman–Crippen LogP) is 16.2. The molecule has 58 heavy (non-hydrogen) atoms. The highest BCUT2D eigenvalue weighted by Crippen LogP contribution is 2.46. The molecule has 0 saturated carbocycles. The van der Waals surface area contributed by atoms with E-state index in [0.717, 1.165) is 49.8 Å². The minimum absolute atomic E-state index is 0.905. The molecule has 0 aliphatic carbocycles. The lowest BCUT2D eigenvalue weighted by Crippen LogP contribution is -2.11. The van der Waals surface area contributed by atoms with Gasteiger partial charge in [-0.3, -0.25) is 0 Å². The second-order valence-electron chi connectivity index (χ2n) is 15.2. The smallest absolute Gasteiger partial charge is 0.143 e. The molecule has 0 fully saturated rings. The van der Waals surface area contributed by atoms with Crippen LogP contribution in [0, 0.1) is 0 Å². The highest BCUT2D eigenvalue weighted by molar-refractivity contribution is 6.20. The quantitative estimate of drug-likeness (QED) is 0.164. The zero-order chi connectivity index (χ0) is 38.2. The van der Waals surface area contributed by atoms with Crippen LogP contribution in [-0.4, -0.2) is 0 Å². The van der Waals surface area contributed by atoms with Gasteiger partial charge in [-0.25, -0.2) is 0 Å². The fourth-order valence-electron chi connectivity index (χ4n) is 9.28. The zero-order valence-electron chi connectivity index (χ0n) is 31.6. The van der Waals surface area contributed by atoms with Gasteiger partial charge in [-0.1, -0.05) is 170 Å². The van der Waals surface area contributed by atoms with E-state index >= 15 is 0 Å². The number of rotatable bonds is 5. The molecule has 2 nitrogen and oxygen atoms in total. The number of anilines is 3. The summed E-state index contributed by atoms with van der Waals surface area (Å²) in [7, 11) is 0. The van der Waals surface area contributed by atoms with E-state index < -0.39 is 0 Å². The van der Waals surface area contributed by atoms with E-state index in [1.807, 2.05) is 6.07 Å². The first-order valence-electron chi connectivity index (χ1n) is 19.9. The minimum atomic E-state index is 0.905. The zero-order valence-corrected chi connectivity index (χ0v) is 31.6. The molecule has 0 saturated heterocycles. The summed E-state index contributed by atoms with van der Waals surface area (Å²) in [6.07, 6.45) is 0. The molecule has 0 radical (unpaired) electrons. The van der Waals surface area contributed by atoms with Crippen molar-refractivity contribution in [1.29, 1.82) is 0 Å². The van der Waals surface area contributed by atoms with Crippen LogP contribution in [0.1, 0.15) is 0 Å². The predicted molar refractivity (Wildman–Crippen MR) is 247 cm³/mol. The van der Waals surface area contributed by atoms with Crippen molar-refractivity contribution < 1.29 is 4.42 Å². The van der Waals surface area contributed by atoms with Crippen molar-refractivity contribution >= 4 is 92.9 Å². The highest BCUT2D eigenvalue weighted by Gasteiger charge is 2.21. The monoisotopic (exact) mass is 737 g/mol. The Balaban J connectivity index is 1.01. The average molecular weight is 738 g/mol. The van der Waals surface area contributed by atoms with Crippen molar-refractivity contribution in [3.8, 4) is 22.3 Å². The molecule has 0 aliphatic heterocycles. The van der Waals surface area contributed by atoms with Gasteiger partial charge >= 0.3 is 0 Å². The number of hydrogen-bond acceptors (Lipinski definition) is 2. The molecule has 0 unspecified atom stereocenters. The van der Waals surface area contributed by atoms with E-state index in [0.29, 0.717) is 0 Å². The van der Waals surface area contributed by atoms with E-state index in [4.69, 9.17) is 4.42 Å². The third kappa shape index (κ3) is 5.05. The van der Waals surface area contributed by atoms with Gasteiger partial charge in [-0.2, -0.15) is 0 Å². The second kappa shape index (κ2) is 12.9. The van der Waals surface area contributed by atoms with Crippen LogP contribution in [0.3, 0.4) is 0 Å². The Labute approximate surface area is 335 Å². The first-order chi connectivity index (χ1) is 28.8. The van der Waals surface area contributed by atoms with Gasteiger partial charge in [0.15, 0.2) is 0 Å². The maximum absolute atomic E-state index is 6.56. The molecular formula is C56H35NO. The largest absolute Gasteiger partial charge is 0.455 e. The third-order valence-electron chi connectivity index (χ3n) is 12.0. The summed E-state index contributed by atoms with van der Waals surface area (Å²) in [5, 5.41) is 14.5. The SMILES string of the molecule is c1ccc2c(c1)cc(-c1ccc(-c3ccc(N(c4cc5ccccc5c5ccccc45)c4cccc5c4ccc4c6ccccc6oc54)cc3)cc1)c1ccccc12. The van der Waals surface area contributed by atoms with Gasteiger partial charge in [0, 0.05) is 32.6 Å². The van der Waals surface area contributed by atoms with Crippen molar-refractivity contribution in [3.63, 3.8) is 0 Å². The van der Waals surface area contributed by atoms with E-state index in [1.165, 1.54) is 65.3 Å². The third-order valence-corrected chi connectivity index (χ3v) is 12.0. The molecule has 0 N–H and O–H groups in total. The van der Waals surface area contributed by atoms with E-state index in [9.17, 15) is 0 Å². The molecule has 0 spiro atoms. The maximum atomic E-state index is 6.56. The lowest BCUT2D eigenvalue weighted by atomic mass is 9.92. The Bertz CT molecular complexity index is 3560. The lowest BCUT2D eigenvalue weighted by molar-refractivity contribution is 0.672. The van der Waals surface area contributed by atoms with Gasteiger partial charge in [-0.15, -0.1) is 0 Å². The van der Waals surface area contributed by atoms with E-state index in [-0.39, 0.29) is 0 Å². The summed E-state index contributed by atoms with van der Waals surface area (Å²) < 4.78 is 6.56. The van der Waals surface area contributed by atoms with Crippen LogP contribution in [-0.2, 0) is 0 Å². The van der Waals surface area contributed by atoms with Gasteiger partial charge in [0.2, 0.25) is 0 Å². The molecule has 2 heteroatoms. The summed E-state index contributed by atoms with van der Waals surface area (Å²) >= 11 is 0. The minimum Gasteiger partial charge on any atom is -0.455 e. The molecule has 270 valence electrons. The highest BCUT2D eigenvalue weighted by atomic mass is 16.3. The van der Waals surface area contributed by atoms with E-state index in [1.54, 1.807) is 0 Å². The first kappa shape index (κ1) is 32.6. The van der Waals surface area contributed by atoms with Crippen LogP contribution in [0.25, 0.3) is 98.1 Å². The standard InChI is InChI=1S/C56H35NO/c1-3-14-42-39(12-1)34-52(46-18-6-5-16-44(42)46)38-26-24-36(25-27-38)37-28-30-41(31-29-37)57(54-35-40-13-2-4-15-43(40)45-17-7-8-19-47(45)54)53-22-11-21-50-48(53)32-33-51-49-20-9-10-23-55(49)58-56(50)51/h1-35H. The first-order valence-corrected chi connectivity index (χ1v) is 19.9. The Morgan fingerprint density at radius 3 is 1.50 bits per heavy atom. The number of furan rings is 1. The Morgan fingerprint density at radius 1 is 0.293 bits per heavy atom. The summed E-state index contributed by atoms with van der Waals surface area (Å²) in [5.41, 5.74) is 9.95. The number of fused-ring (bicyclic) bond motifs is 11. The Morgan fingerprint density at radius 2 is 0.776 bits per heavy atom. The molecule has 1 aromatic heterocycles. The average Bonchev–Trinajstić information content (AvgIpc) is 3.69. The lowest BCUT2D eigenvalue weighted by Gasteiger charge is -2.29. The number of para-hydroxylation sites is 1. The van der Waals surface area contributed by atoms with Crippen molar-refractivity contribution in [2.75, 3.05) is 4.90 Å². The van der Waals surface area contributed by atoms with Gasteiger partial charge < -0.3 is 9.32 Å². The molecule has 1 heterocycles. The van der Waals surface area contributed by atoms with Crippen LogP contribution in [0.4, 0.5) is 17.1 Å². The van der Waals surface area contributed by atoms with Crippen molar-refractivity contribution in [1.82, 2.24) is 0 Å². The fraction of sp³-hybridized carbons (Fsp3) is 0. The Kier molecular flexibility index (Phi) is 7.26. The number of nitrogens with zero attached hydrogens (tertiary/aromatic N) is 1. The number of hydrogen-bond donors (Lipinski definition) is 0. The number of benzene rings is 11. The van der Waals surface area contributed by atoms with Crippen LogP contribution >= 0.6 is 0 Å². The molecule has 12 aromatic rings. The van der Waals surface area contributed by atoms with Gasteiger partial charge in [0.25, 0.3) is 0 Å². The van der Waals surface area contributed by atoms with E-state index in [2.05, 4.69) is 211 Å². The molecule has 11 aromatic carbocycles. The molecular weight excluding hydrogens is 703 g/mol. The van der Waals surface area contributed by atoms with Gasteiger partial charge in [-0.05, 0) is 102 Å². The normalized spacial score (nSPS) is 11.8. The summed E-state index contributed by atoms with van der Waals surface area (Å²) in [6.45, 7) is 0. The summed E-state index contributed by atoms with van der Waals surface area (Å²) in [6, 6.07) is 77.1. The van der Waals surface area contributed by atoms with Gasteiger partial charge in [0.1, 0.15) is 11.2 Å². The van der Waals surface area contributed by atoms with Crippen LogP contribution < -0.4 is 4.90 Å². The van der Waals surface area contributed by atoms with Crippen LogP contribution in [0.15, 0.2) is 217 Å². The molecule has 0 amide bonds. The summed E-state index contributed by atoms with van der Waals surface area (Å²) in [4.78, 5) is 2.43. The van der Waals surface area contributed by atoms with Gasteiger partial charge in [0.05, 0.1) is 11.4 Å². The van der Waals surface area contributed by atoms with Crippen LogP contribution in [0.2, 0.25) is 0 Å². The van der Waals surface area contributed by atoms with Crippen molar-refractivity contribution in [3.05, 3.63) is 212 Å². The molecule has 0 atom stereocenters. The molecule has 0 bridgehead atoms. The second-order valence-corrected chi connectivity index (χ2v) is 15.2. The summed E-state index contributed by atoms with van der Waals surface area (Å²) in [5.74, 6) is 0. The van der Waals surface area contributed by atoms with Crippen molar-refractivity contribution in [2.45, 2.75) is 0 Å². The Hall–Kier alpha value is -7.68. The topological polar surface area (TPSA) is 16.4 Å². The van der Waals surface area contributed by atoms with Crippen LogP contribution in [0.5, 0.6) is 0 Å². The maximum Gasteiger partial charge on any atom is 0.143 e. The molecule has 12 rings (SSSR count).